The number of halogens is 1. The molecule has 0 spiro atoms. The summed E-state index contributed by atoms with van der Waals surface area (Å²) in [5.74, 6) is -0.298. The van der Waals surface area contributed by atoms with Crippen LogP contribution in [0, 0.1) is 19.8 Å². The van der Waals surface area contributed by atoms with Gasteiger partial charge >= 0.3 is 0 Å². The first-order chi connectivity index (χ1) is 13.3. The standard InChI is InChI=1S/C21H25ClN2O3S/c1-15-5-3-6-16(2)20(15)23-21(25)18-9-11-24(12-10-18)28(26,27)14-17-7-4-8-19(22)13-17/h3-8,13,18H,9-12,14H2,1-2H3,(H,23,25). The van der Waals surface area contributed by atoms with Crippen molar-refractivity contribution in [1.82, 2.24) is 4.31 Å². The van der Waals surface area contributed by atoms with Gasteiger partial charge in [0, 0.05) is 29.7 Å². The predicted molar refractivity (Wildman–Crippen MR) is 113 cm³/mol. The van der Waals surface area contributed by atoms with Crippen molar-refractivity contribution in [2.45, 2.75) is 32.4 Å². The Morgan fingerprint density at radius 2 is 1.71 bits per heavy atom. The van der Waals surface area contributed by atoms with E-state index in [1.54, 1.807) is 24.3 Å². The van der Waals surface area contributed by atoms with E-state index >= 15 is 0 Å². The highest BCUT2D eigenvalue weighted by Crippen LogP contribution is 2.25. The number of benzene rings is 2. The fraction of sp³-hybridized carbons (Fsp3) is 0.381. The van der Waals surface area contributed by atoms with Crippen LogP contribution in [0.15, 0.2) is 42.5 Å². The topological polar surface area (TPSA) is 66.5 Å². The number of carbonyl (C=O) groups excluding carboxylic acids is 1. The molecule has 1 saturated heterocycles. The summed E-state index contributed by atoms with van der Waals surface area (Å²) in [7, 11) is -3.43. The quantitative estimate of drug-likeness (QED) is 0.790. The first-order valence-corrected chi connectivity index (χ1v) is 11.3. The predicted octanol–water partition coefficient (Wildman–Crippen LogP) is 4.14. The second-order valence-electron chi connectivity index (χ2n) is 7.32. The van der Waals surface area contributed by atoms with Crippen LogP contribution in [0.3, 0.4) is 0 Å². The van der Waals surface area contributed by atoms with Gasteiger partial charge in [-0.15, -0.1) is 0 Å². The lowest BCUT2D eigenvalue weighted by Crippen LogP contribution is -2.42. The van der Waals surface area contributed by atoms with Crippen molar-refractivity contribution >= 4 is 33.2 Å². The highest BCUT2D eigenvalue weighted by molar-refractivity contribution is 7.88. The molecule has 0 radical (unpaired) electrons. The molecule has 2 aromatic rings. The molecule has 7 heteroatoms. The van der Waals surface area contributed by atoms with Crippen LogP contribution < -0.4 is 5.32 Å². The molecule has 1 fully saturated rings. The molecular weight excluding hydrogens is 396 g/mol. The number of sulfonamides is 1. The molecule has 0 aliphatic carbocycles. The highest BCUT2D eigenvalue weighted by atomic mass is 35.5. The van der Waals surface area contributed by atoms with Crippen molar-refractivity contribution in [2.24, 2.45) is 5.92 Å². The van der Waals surface area contributed by atoms with E-state index in [9.17, 15) is 13.2 Å². The highest BCUT2D eigenvalue weighted by Gasteiger charge is 2.31. The molecule has 1 N–H and O–H groups in total. The maximum Gasteiger partial charge on any atom is 0.227 e. The summed E-state index contributed by atoms with van der Waals surface area (Å²) in [6, 6.07) is 12.8. The lowest BCUT2D eigenvalue weighted by molar-refractivity contribution is -0.120. The third-order valence-corrected chi connectivity index (χ3v) is 7.27. The summed E-state index contributed by atoms with van der Waals surface area (Å²) < 4.78 is 26.9. The number of piperidine rings is 1. The number of hydrogen-bond acceptors (Lipinski definition) is 3. The zero-order valence-corrected chi connectivity index (χ0v) is 17.7. The van der Waals surface area contributed by atoms with Crippen LogP contribution in [0.1, 0.15) is 29.5 Å². The van der Waals surface area contributed by atoms with Crippen LogP contribution in [-0.4, -0.2) is 31.7 Å². The maximum absolute atomic E-state index is 12.7. The van der Waals surface area contributed by atoms with Crippen molar-refractivity contribution in [3.63, 3.8) is 0 Å². The van der Waals surface area contributed by atoms with E-state index in [0.717, 1.165) is 16.8 Å². The van der Waals surface area contributed by atoms with Crippen molar-refractivity contribution in [2.75, 3.05) is 18.4 Å². The first-order valence-electron chi connectivity index (χ1n) is 9.35. The summed E-state index contributed by atoms with van der Waals surface area (Å²) in [6.45, 7) is 4.64. The smallest absolute Gasteiger partial charge is 0.227 e. The molecule has 5 nitrogen and oxygen atoms in total. The summed E-state index contributed by atoms with van der Waals surface area (Å²) >= 11 is 5.95. The molecule has 28 heavy (non-hydrogen) atoms. The lowest BCUT2D eigenvalue weighted by Gasteiger charge is -2.30. The number of carbonyl (C=O) groups is 1. The summed E-state index contributed by atoms with van der Waals surface area (Å²) in [5.41, 5.74) is 3.57. The monoisotopic (exact) mass is 420 g/mol. The van der Waals surface area contributed by atoms with Gasteiger partial charge in [-0.05, 0) is 55.5 Å². The van der Waals surface area contributed by atoms with Gasteiger partial charge in [0.05, 0.1) is 5.75 Å². The van der Waals surface area contributed by atoms with E-state index in [4.69, 9.17) is 11.6 Å². The number of anilines is 1. The maximum atomic E-state index is 12.7. The number of nitrogens with one attached hydrogen (secondary N) is 1. The van der Waals surface area contributed by atoms with Crippen LogP contribution >= 0.6 is 11.6 Å². The molecule has 1 aliphatic rings. The van der Waals surface area contributed by atoms with Gasteiger partial charge in [-0.3, -0.25) is 4.79 Å². The molecule has 1 heterocycles. The van der Waals surface area contributed by atoms with Gasteiger partial charge in [-0.25, -0.2) is 12.7 Å². The van der Waals surface area contributed by atoms with E-state index in [-0.39, 0.29) is 17.6 Å². The molecule has 0 atom stereocenters. The van der Waals surface area contributed by atoms with Crippen molar-refractivity contribution in [3.8, 4) is 0 Å². The molecule has 0 saturated carbocycles. The minimum Gasteiger partial charge on any atom is -0.325 e. The molecule has 0 aromatic heterocycles. The summed E-state index contributed by atoms with van der Waals surface area (Å²) in [5, 5.41) is 3.55. The Morgan fingerprint density at radius 1 is 1.11 bits per heavy atom. The molecule has 2 aromatic carbocycles. The molecule has 1 aliphatic heterocycles. The Morgan fingerprint density at radius 3 is 2.32 bits per heavy atom. The molecule has 150 valence electrons. The number of nitrogens with zero attached hydrogens (tertiary/aromatic N) is 1. The van der Waals surface area contributed by atoms with Gasteiger partial charge in [0.1, 0.15) is 0 Å². The van der Waals surface area contributed by atoms with Crippen molar-refractivity contribution in [1.29, 1.82) is 0 Å². The minimum atomic E-state index is -3.43. The van der Waals surface area contributed by atoms with Crippen LogP contribution in [0.5, 0.6) is 0 Å². The van der Waals surface area contributed by atoms with E-state index in [1.807, 2.05) is 32.0 Å². The number of aryl methyl sites for hydroxylation is 2. The Labute approximate surface area is 171 Å². The van der Waals surface area contributed by atoms with E-state index in [2.05, 4.69) is 5.32 Å². The molecule has 0 unspecified atom stereocenters. The number of rotatable bonds is 5. The molecule has 3 rings (SSSR count). The third kappa shape index (κ3) is 4.93. The fourth-order valence-electron chi connectivity index (χ4n) is 3.56. The normalized spacial score (nSPS) is 16.1. The average Bonchev–Trinajstić information content (AvgIpc) is 2.64. The van der Waals surface area contributed by atoms with E-state index in [0.29, 0.717) is 36.5 Å². The first kappa shape index (κ1) is 20.8. The zero-order valence-electron chi connectivity index (χ0n) is 16.1. The van der Waals surface area contributed by atoms with Crippen LogP contribution in [0.4, 0.5) is 5.69 Å². The Hall–Kier alpha value is -1.89. The Balaban J connectivity index is 1.60. The van der Waals surface area contributed by atoms with Gasteiger partial charge in [-0.1, -0.05) is 41.9 Å². The molecule has 1 amide bonds. The van der Waals surface area contributed by atoms with Crippen LogP contribution in [0.25, 0.3) is 0 Å². The van der Waals surface area contributed by atoms with Gasteiger partial charge in [0.2, 0.25) is 15.9 Å². The fourth-order valence-corrected chi connectivity index (χ4v) is 5.33. The van der Waals surface area contributed by atoms with Gasteiger partial charge < -0.3 is 5.32 Å². The Bertz CT molecular complexity index is 947. The van der Waals surface area contributed by atoms with E-state index in [1.165, 1.54) is 4.31 Å². The van der Waals surface area contributed by atoms with Crippen LogP contribution in [0.2, 0.25) is 5.02 Å². The second kappa shape index (κ2) is 8.64. The summed E-state index contributed by atoms with van der Waals surface area (Å²) in [4.78, 5) is 12.7. The number of amides is 1. The Kier molecular flexibility index (Phi) is 6.43. The van der Waals surface area contributed by atoms with Crippen molar-refractivity contribution < 1.29 is 13.2 Å². The van der Waals surface area contributed by atoms with Crippen molar-refractivity contribution in [3.05, 3.63) is 64.2 Å². The molecule has 0 bridgehead atoms. The lowest BCUT2D eigenvalue weighted by atomic mass is 9.96. The molecular formula is C21H25ClN2O3S. The third-order valence-electron chi connectivity index (χ3n) is 5.19. The number of hydrogen-bond donors (Lipinski definition) is 1. The average molecular weight is 421 g/mol. The van der Waals surface area contributed by atoms with E-state index < -0.39 is 10.0 Å². The van der Waals surface area contributed by atoms with Crippen LogP contribution in [-0.2, 0) is 20.6 Å². The van der Waals surface area contributed by atoms with Gasteiger partial charge in [0.25, 0.3) is 0 Å². The number of para-hydroxylation sites is 1. The summed E-state index contributed by atoms with van der Waals surface area (Å²) in [6.07, 6.45) is 1.04. The van der Waals surface area contributed by atoms with Gasteiger partial charge in [-0.2, -0.15) is 0 Å². The SMILES string of the molecule is Cc1cccc(C)c1NC(=O)C1CCN(S(=O)(=O)Cc2cccc(Cl)c2)CC1. The zero-order chi connectivity index (χ0) is 20.3. The van der Waals surface area contributed by atoms with Gasteiger partial charge in [0.15, 0.2) is 0 Å². The second-order valence-corrected chi connectivity index (χ2v) is 9.72. The largest absolute Gasteiger partial charge is 0.325 e. The minimum absolute atomic E-state index is 0.0377.